The zero-order valence-electron chi connectivity index (χ0n) is 16.2. The van der Waals surface area contributed by atoms with E-state index in [9.17, 15) is 4.79 Å². The van der Waals surface area contributed by atoms with Crippen molar-refractivity contribution in [3.05, 3.63) is 23.8 Å². The van der Waals surface area contributed by atoms with Crippen LogP contribution in [0.15, 0.2) is 23.2 Å². The fourth-order valence-corrected chi connectivity index (χ4v) is 2.76. The number of nitrogens with two attached hydrogens (primary N) is 1. The molecule has 1 fully saturated rings. The number of halogens is 1. The van der Waals surface area contributed by atoms with E-state index in [-0.39, 0.29) is 42.1 Å². The quantitative estimate of drug-likeness (QED) is 0.339. The summed E-state index contributed by atoms with van der Waals surface area (Å²) in [6, 6.07) is 5.62. The van der Waals surface area contributed by atoms with Crippen LogP contribution in [0.25, 0.3) is 0 Å². The second-order valence-corrected chi connectivity index (χ2v) is 6.33. The molecule has 0 aromatic heterocycles. The fraction of sp³-hybridized carbons (Fsp3) is 0.556. The molecule has 1 saturated heterocycles. The number of hydrogen-bond acceptors (Lipinski definition) is 5. The molecule has 0 spiro atoms. The number of ether oxygens (including phenoxy) is 3. The number of benzene rings is 1. The Labute approximate surface area is 177 Å². The first-order valence-corrected chi connectivity index (χ1v) is 8.56. The van der Waals surface area contributed by atoms with Crippen LogP contribution < -0.4 is 20.5 Å². The third-order valence-electron chi connectivity index (χ3n) is 4.21. The highest BCUT2D eigenvalue weighted by molar-refractivity contribution is 14.0. The molecule has 0 bridgehead atoms. The summed E-state index contributed by atoms with van der Waals surface area (Å²) < 4.78 is 16.2. The van der Waals surface area contributed by atoms with Gasteiger partial charge in [0.15, 0.2) is 17.5 Å². The van der Waals surface area contributed by atoms with Crippen molar-refractivity contribution in [3.8, 4) is 11.5 Å². The lowest BCUT2D eigenvalue weighted by Gasteiger charge is -2.17. The van der Waals surface area contributed by atoms with Gasteiger partial charge in [-0.1, -0.05) is 6.07 Å². The SMILES string of the molecule is COc1ccc(CN=C(N)NCC2CCC(C(=O)N(C)C)O2)cc1OC.I. The molecule has 27 heavy (non-hydrogen) atoms. The molecule has 1 aromatic carbocycles. The van der Waals surface area contributed by atoms with Crippen LogP contribution >= 0.6 is 24.0 Å². The number of rotatable bonds is 7. The minimum absolute atomic E-state index is 0. The van der Waals surface area contributed by atoms with Gasteiger partial charge in [-0.3, -0.25) is 4.79 Å². The molecule has 1 aliphatic heterocycles. The Balaban J connectivity index is 0.00000364. The van der Waals surface area contributed by atoms with Crippen molar-refractivity contribution < 1.29 is 19.0 Å². The monoisotopic (exact) mass is 492 g/mol. The Morgan fingerprint density at radius 1 is 1.30 bits per heavy atom. The van der Waals surface area contributed by atoms with Crippen LogP contribution in [0.4, 0.5) is 0 Å². The van der Waals surface area contributed by atoms with Gasteiger partial charge in [-0.05, 0) is 30.5 Å². The number of methoxy groups -OCH3 is 2. The Kier molecular flexibility index (Phi) is 9.64. The van der Waals surface area contributed by atoms with Gasteiger partial charge in [0.05, 0.1) is 26.9 Å². The lowest BCUT2D eigenvalue weighted by molar-refractivity contribution is -0.140. The van der Waals surface area contributed by atoms with E-state index < -0.39 is 0 Å². The number of carbonyl (C=O) groups excluding carboxylic acids is 1. The molecule has 0 radical (unpaired) electrons. The number of nitrogens with zero attached hydrogens (tertiary/aromatic N) is 2. The Morgan fingerprint density at radius 2 is 2.00 bits per heavy atom. The number of hydrogen-bond donors (Lipinski definition) is 2. The normalized spacial score (nSPS) is 19.2. The number of carbonyl (C=O) groups is 1. The molecule has 1 aromatic rings. The molecule has 152 valence electrons. The average Bonchev–Trinajstić information content (AvgIpc) is 3.12. The zero-order chi connectivity index (χ0) is 19.1. The lowest BCUT2D eigenvalue weighted by Crippen LogP contribution is -2.39. The maximum absolute atomic E-state index is 11.9. The van der Waals surface area contributed by atoms with E-state index in [1.165, 1.54) is 0 Å². The maximum Gasteiger partial charge on any atom is 0.251 e. The Bertz CT molecular complexity index is 654. The number of guanidine groups is 1. The second-order valence-electron chi connectivity index (χ2n) is 6.33. The van der Waals surface area contributed by atoms with E-state index in [1.54, 1.807) is 33.2 Å². The summed E-state index contributed by atoms with van der Waals surface area (Å²) in [6.45, 7) is 0.949. The molecule has 0 aliphatic carbocycles. The Hall–Kier alpha value is -1.75. The predicted octanol–water partition coefficient (Wildman–Crippen LogP) is 1.36. The van der Waals surface area contributed by atoms with Gasteiger partial charge in [-0.2, -0.15) is 0 Å². The number of aliphatic imine (C=N–C) groups is 1. The van der Waals surface area contributed by atoms with E-state index in [4.69, 9.17) is 19.9 Å². The summed E-state index contributed by atoms with van der Waals surface area (Å²) in [5.41, 5.74) is 6.88. The van der Waals surface area contributed by atoms with Gasteiger partial charge in [0.25, 0.3) is 5.91 Å². The first kappa shape index (κ1) is 23.3. The van der Waals surface area contributed by atoms with E-state index in [0.29, 0.717) is 30.5 Å². The van der Waals surface area contributed by atoms with Crippen molar-refractivity contribution in [3.63, 3.8) is 0 Å². The van der Waals surface area contributed by atoms with Crippen LogP contribution in [0, 0.1) is 0 Å². The van der Waals surface area contributed by atoms with Crippen molar-refractivity contribution in [2.75, 3.05) is 34.9 Å². The minimum atomic E-state index is -0.360. The van der Waals surface area contributed by atoms with E-state index in [2.05, 4.69) is 10.3 Å². The molecule has 0 saturated carbocycles. The minimum Gasteiger partial charge on any atom is -0.493 e. The summed E-state index contributed by atoms with van der Waals surface area (Å²) in [4.78, 5) is 17.8. The van der Waals surface area contributed by atoms with Crippen molar-refractivity contribution in [1.82, 2.24) is 10.2 Å². The highest BCUT2D eigenvalue weighted by Crippen LogP contribution is 2.27. The molecule has 9 heteroatoms. The maximum atomic E-state index is 11.9. The first-order chi connectivity index (χ1) is 12.4. The van der Waals surface area contributed by atoms with Gasteiger partial charge in [-0.25, -0.2) is 4.99 Å². The van der Waals surface area contributed by atoms with Crippen LogP contribution in [0.2, 0.25) is 0 Å². The third kappa shape index (κ3) is 6.73. The van der Waals surface area contributed by atoms with Gasteiger partial charge in [0, 0.05) is 20.6 Å². The molecule has 1 amide bonds. The average molecular weight is 492 g/mol. The second kappa shape index (κ2) is 11.2. The van der Waals surface area contributed by atoms with Crippen molar-refractivity contribution >= 4 is 35.8 Å². The van der Waals surface area contributed by atoms with Gasteiger partial charge in [-0.15, -0.1) is 24.0 Å². The molecule has 1 aliphatic rings. The molecular formula is C18H29IN4O4. The van der Waals surface area contributed by atoms with Gasteiger partial charge in [0.2, 0.25) is 0 Å². The van der Waals surface area contributed by atoms with E-state index in [0.717, 1.165) is 18.4 Å². The predicted molar refractivity (Wildman–Crippen MR) is 115 cm³/mol. The largest absolute Gasteiger partial charge is 0.493 e. The van der Waals surface area contributed by atoms with Crippen molar-refractivity contribution in [2.24, 2.45) is 10.7 Å². The summed E-state index contributed by atoms with van der Waals surface area (Å²) in [5.74, 6) is 1.67. The molecule has 2 unspecified atom stereocenters. The van der Waals surface area contributed by atoms with Crippen molar-refractivity contribution in [2.45, 2.75) is 31.6 Å². The molecule has 1 heterocycles. The number of amides is 1. The smallest absolute Gasteiger partial charge is 0.251 e. The van der Waals surface area contributed by atoms with Crippen LogP contribution in [-0.2, 0) is 16.1 Å². The first-order valence-electron chi connectivity index (χ1n) is 8.56. The topological polar surface area (TPSA) is 98.4 Å². The standard InChI is InChI=1S/C18H28N4O4.HI/c1-22(2)17(23)15-8-6-13(26-15)11-21-18(19)20-10-12-5-7-14(24-3)16(9-12)25-4;/h5,7,9,13,15H,6,8,10-11H2,1-4H3,(H3,19,20,21);1H. The molecule has 8 nitrogen and oxygen atoms in total. The van der Waals surface area contributed by atoms with Gasteiger partial charge in [0.1, 0.15) is 6.10 Å². The molecule has 2 rings (SSSR count). The fourth-order valence-electron chi connectivity index (χ4n) is 2.76. The van der Waals surface area contributed by atoms with Gasteiger partial charge >= 0.3 is 0 Å². The van der Waals surface area contributed by atoms with Crippen LogP contribution in [0.5, 0.6) is 11.5 Å². The highest BCUT2D eigenvalue weighted by atomic mass is 127. The third-order valence-corrected chi connectivity index (χ3v) is 4.21. The summed E-state index contributed by atoms with van der Waals surface area (Å²) >= 11 is 0. The van der Waals surface area contributed by atoms with E-state index >= 15 is 0 Å². The Morgan fingerprint density at radius 3 is 2.63 bits per heavy atom. The van der Waals surface area contributed by atoms with E-state index in [1.807, 2.05) is 18.2 Å². The summed E-state index contributed by atoms with van der Waals surface area (Å²) in [7, 11) is 6.65. The molecule has 2 atom stereocenters. The highest BCUT2D eigenvalue weighted by Gasteiger charge is 2.31. The van der Waals surface area contributed by atoms with Crippen molar-refractivity contribution in [1.29, 1.82) is 0 Å². The van der Waals surface area contributed by atoms with Gasteiger partial charge < -0.3 is 30.2 Å². The number of nitrogens with one attached hydrogen (secondary N) is 1. The van der Waals surface area contributed by atoms with Crippen LogP contribution in [0.1, 0.15) is 18.4 Å². The van der Waals surface area contributed by atoms with Crippen LogP contribution in [-0.4, -0.2) is 63.8 Å². The number of likely N-dealkylation sites (N-methyl/N-ethyl adjacent to an activating group) is 1. The molecule has 3 N–H and O–H groups in total. The van der Waals surface area contributed by atoms with Crippen LogP contribution in [0.3, 0.4) is 0 Å². The summed E-state index contributed by atoms with van der Waals surface area (Å²) in [6.07, 6.45) is 1.15. The lowest BCUT2D eigenvalue weighted by atomic mass is 10.2. The summed E-state index contributed by atoms with van der Waals surface area (Å²) in [5, 5.41) is 3.06. The zero-order valence-corrected chi connectivity index (χ0v) is 18.6. The molecular weight excluding hydrogens is 463 g/mol.